The molecule has 0 aliphatic rings. The molecule has 0 atom stereocenters. The van der Waals surface area contributed by atoms with Crippen molar-refractivity contribution in [2.24, 2.45) is 0 Å². The van der Waals surface area contributed by atoms with Crippen LogP contribution in [-0.2, 0) is 17.9 Å². The Bertz CT molecular complexity index is 596. The van der Waals surface area contributed by atoms with Gasteiger partial charge in [0, 0.05) is 13.6 Å². The number of carbonyl (C=O) groups excluding carboxylic acids is 2. The molecule has 3 amide bonds. The molecule has 0 spiro atoms. The van der Waals surface area contributed by atoms with E-state index in [9.17, 15) is 9.59 Å². The minimum Gasteiger partial charge on any atom is -0.468 e. The van der Waals surface area contributed by atoms with Crippen LogP contribution >= 0.6 is 0 Å². The van der Waals surface area contributed by atoms with Crippen molar-refractivity contribution in [2.45, 2.75) is 13.1 Å². The first-order valence-electron chi connectivity index (χ1n) is 6.97. The van der Waals surface area contributed by atoms with Crippen LogP contribution in [0, 0.1) is 0 Å². The van der Waals surface area contributed by atoms with Crippen LogP contribution in [-0.4, -0.2) is 30.4 Å². The van der Waals surface area contributed by atoms with Crippen LogP contribution in [0.1, 0.15) is 11.3 Å². The zero-order valence-corrected chi connectivity index (χ0v) is 12.4. The van der Waals surface area contributed by atoms with Crippen LogP contribution < -0.4 is 10.6 Å². The predicted molar refractivity (Wildman–Crippen MR) is 81.9 cm³/mol. The van der Waals surface area contributed by atoms with Crippen molar-refractivity contribution in [2.75, 3.05) is 13.6 Å². The Morgan fingerprint density at radius 2 is 1.86 bits per heavy atom. The van der Waals surface area contributed by atoms with Crippen LogP contribution in [0.2, 0.25) is 0 Å². The van der Waals surface area contributed by atoms with Gasteiger partial charge in [0.15, 0.2) is 0 Å². The van der Waals surface area contributed by atoms with E-state index >= 15 is 0 Å². The molecule has 1 aromatic heterocycles. The van der Waals surface area contributed by atoms with Crippen molar-refractivity contribution >= 4 is 11.9 Å². The maximum atomic E-state index is 11.9. The van der Waals surface area contributed by atoms with Gasteiger partial charge in [0.25, 0.3) is 0 Å². The second kappa shape index (κ2) is 7.99. The van der Waals surface area contributed by atoms with E-state index in [0.717, 1.165) is 11.3 Å². The number of hydrogen-bond acceptors (Lipinski definition) is 4. The molecule has 0 radical (unpaired) electrons. The molecule has 22 heavy (non-hydrogen) atoms. The summed E-state index contributed by atoms with van der Waals surface area (Å²) >= 11 is 0. The van der Waals surface area contributed by atoms with Crippen LogP contribution in [0.5, 0.6) is 0 Å². The minimum absolute atomic E-state index is 0.100. The van der Waals surface area contributed by atoms with Gasteiger partial charge in [0.2, 0.25) is 5.91 Å². The van der Waals surface area contributed by atoms with E-state index in [1.807, 2.05) is 41.3 Å². The highest BCUT2D eigenvalue weighted by Gasteiger charge is 2.14. The highest BCUT2D eigenvalue weighted by molar-refractivity contribution is 5.95. The number of imide groups is 1. The molecule has 0 aliphatic heterocycles. The number of amides is 3. The summed E-state index contributed by atoms with van der Waals surface area (Å²) in [6.45, 7) is 1.18. The summed E-state index contributed by atoms with van der Waals surface area (Å²) in [6, 6.07) is 13.0. The maximum absolute atomic E-state index is 11.9. The zero-order chi connectivity index (χ0) is 15.8. The fraction of sp³-hybridized carbons (Fsp3) is 0.250. The average Bonchev–Trinajstić information content (AvgIpc) is 3.00. The molecule has 0 fully saturated rings. The van der Waals surface area contributed by atoms with Crippen LogP contribution in [0.4, 0.5) is 4.79 Å². The molecule has 0 bridgehead atoms. The van der Waals surface area contributed by atoms with E-state index in [4.69, 9.17) is 4.42 Å². The van der Waals surface area contributed by atoms with Gasteiger partial charge >= 0.3 is 6.03 Å². The SMILES string of the molecule is CNC(=O)NC(=O)CN(Cc1ccccc1)Cc1ccco1. The van der Waals surface area contributed by atoms with E-state index in [2.05, 4.69) is 10.6 Å². The molecular weight excluding hydrogens is 282 g/mol. The highest BCUT2D eigenvalue weighted by Crippen LogP contribution is 2.10. The molecule has 2 rings (SSSR count). The average molecular weight is 301 g/mol. The number of nitrogens with zero attached hydrogens (tertiary/aromatic N) is 1. The molecule has 0 saturated heterocycles. The van der Waals surface area contributed by atoms with Gasteiger partial charge in [-0.2, -0.15) is 0 Å². The summed E-state index contributed by atoms with van der Waals surface area (Å²) in [6.07, 6.45) is 1.60. The summed E-state index contributed by atoms with van der Waals surface area (Å²) < 4.78 is 5.33. The number of benzene rings is 1. The smallest absolute Gasteiger partial charge is 0.321 e. The van der Waals surface area contributed by atoms with Gasteiger partial charge in [-0.25, -0.2) is 4.79 Å². The Morgan fingerprint density at radius 1 is 1.09 bits per heavy atom. The first-order chi connectivity index (χ1) is 10.7. The quantitative estimate of drug-likeness (QED) is 0.852. The number of rotatable bonds is 6. The second-order valence-electron chi connectivity index (χ2n) is 4.84. The lowest BCUT2D eigenvalue weighted by Gasteiger charge is -2.20. The minimum atomic E-state index is -0.511. The third-order valence-corrected chi connectivity index (χ3v) is 3.06. The molecule has 0 saturated carbocycles. The number of urea groups is 1. The summed E-state index contributed by atoms with van der Waals surface area (Å²) in [4.78, 5) is 25.0. The molecule has 0 aliphatic carbocycles. The Kier molecular flexibility index (Phi) is 5.73. The number of carbonyl (C=O) groups is 2. The Labute approximate surface area is 129 Å². The van der Waals surface area contributed by atoms with E-state index in [1.165, 1.54) is 7.05 Å². The molecule has 1 heterocycles. The molecule has 6 heteroatoms. The second-order valence-corrected chi connectivity index (χ2v) is 4.84. The summed E-state index contributed by atoms with van der Waals surface area (Å²) in [5, 5.41) is 4.62. The van der Waals surface area contributed by atoms with Gasteiger partial charge in [-0.15, -0.1) is 0 Å². The van der Waals surface area contributed by atoms with E-state index in [1.54, 1.807) is 12.3 Å². The molecular formula is C16H19N3O3. The Morgan fingerprint density at radius 3 is 2.50 bits per heavy atom. The van der Waals surface area contributed by atoms with E-state index < -0.39 is 6.03 Å². The molecule has 6 nitrogen and oxygen atoms in total. The van der Waals surface area contributed by atoms with E-state index in [0.29, 0.717) is 13.1 Å². The van der Waals surface area contributed by atoms with Crippen molar-refractivity contribution in [3.05, 3.63) is 60.1 Å². The van der Waals surface area contributed by atoms with Crippen molar-refractivity contribution in [3.8, 4) is 0 Å². The topological polar surface area (TPSA) is 74.6 Å². The standard InChI is InChI=1S/C16H19N3O3/c1-17-16(21)18-15(20)12-19(11-14-8-5-9-22-14)10-13-6-3-2-4-7-13/h2-9H,10-12H2,1H3,(H2,17,18,20,21). The molecule has 0 unspecified atom stereocenters. The van der Waals surface area contributed by atoms with Gasteiger partial charge in [0.1, 0.15) is 5.76 Å². The number of hydrogen-bond donors (Lipinski definition) is 2. The van der Waals surface area contributed by atoms with Gasteiger partial charge in [-0.1, -0.05) is 30.3 Å². The third-order valence-electron chi connectivity index (χ3n) is 3.06. The normalized spacial score (nSPS) is 10.5. The van der Waals surface area contributed by atoms with Crippen LogP contribution in [0.3, 0.4) is 0 Å². The lowest BCUT2D eigenvalue weighted by molar-refractivity contribution is -0.121. The largest absolute Gasteiger partial charge is 0.468 e. The van der Waals surface area contributed by atoms with Crippen molar-refractivity contribution in [1.29, 1.82) is 0 Å². The van der Waals surface area contributed by atoms with Crippen molar-refractivity contribution < 1.29 is 14.0 Å². The Hall–Kier alpha value is -2.60. The molecule has 2 N–H and O–H groups in total. The summed E-state index contributed by atoms with van der Waals surface area (Å²) in [5.74, 6) is 0.408. The lowest BCUT2D eigenvalue weighted by atomic mass is 10.2. The fourth-order valence-corrected chi connectivity index (χ4v) is 2.06. The van der Waals surface area contributed by atoms with Gasteiger partial charge in [-0.05, 0) is 17.7 Å². The van der Waals surface area contributed by atoms with Crippen molar-refractivity contribution in [3.63, 3.8) is 0 Å². The first-order valence-corrected chi connectivity index (χ1v) is 6.97. The van der Waals surface area contributed by atoms with Gasteiger partial charge < -0.3 is 9.73 Å². The predicted octanol–water partition coefficient (Wildman–Crippen LogP) is 1.74. The molecule has 116 valence electrons. The zero-order valence-electron chi connectivity index (χ0n) is 12.4. The van der Waals surface area contributed by atoms with Crippen molar-refractivity contribution in [1.82, 2.24) is 15.5 Å². The van der Waals surface area contributed by atoms with Crippen LogP contribution in [0.25, 0.3) is 0 Å². The van der Waals surface area contributed by atoms with Crippen LogP contribution in [0.15, 0.2) is 53.1 Å². The van der Waals surface area contributed by atoms with E-state index in [-0.39, 0.29) is 12.5 Å². The van der Waals surface area contributed by atoms with Gasteiger partial charge in [0.05, 0.1) is 19.4 Å². The number of nitrogens with one attached hydrogen (secondary N) is 2. The maximum Gasteiger partial charge on any atom is 0.321 e. The summed E-state index contributed by atoms with van der Waals surface area (Å²) in [5.41, 5.74) is 1.08. The lowest BCUT2D eigenvalue weighted by Crippen LogP contribution is -2.43. The number of furan rings is 1. The first kappa shape index (κ1) is 15.8. The Balaban J connectivity index is 2.01. The molecule has 2 aromatic rings. The summed E-state index contributed by atoms with van der Waals surface area (Å²) in [7, 11) is 1.47. The van der Waals surface area contributed by atoms with Gasteiger partial charge in [-0.3, -0.25) is 15.0 Å². The monoisotopic (exact) mass is 301 g/mol. The fourth-order valence-electron chi connectivity index (χ4n) is 2.06. The third kappa shape index (κ3) is 5.06. The molecule has 1 aromatic carbocycles. The highest BCUT2D eigenvalue weighted by atomic mass is 16.3.